The molecule has 1 amide bonds. The minimum Gasteiger partial charge on any atom is -0.493 e. The van der Waals surface area contributed by atoms with Crippen LogP contribution in [-0.2, 0) is 0 Å². The molecule has 0 saturated carbocycles. The Labute approximate surface area is 180 Å². The number of hydrogen-bond acceptors (Lipinski definition) is 8. The number of nitrogens with one attached hydrogen (secondary N) is 2. The molecule has 2 atom stereocenters. The summed E-state index contributed by atoms with van der Waals surface area (Å²) >= 11 is 0. The molecule has 1 aromatic carbocycles. The number of aromatic nitrogens is 3. The smallest absolute Gasteiger partial charge is 0.316 e. The largest absolute Gasteiger partial charge is 0.493 e. The minimum absolute atomic E-state index is 0.210. The first-order valence-electron chi connectivity index (χ1n) is 10.1. The molecule has 31 heavy (non-hydrogen) atoms. The summed E-state index contributed by atoms with van der Waals surface area (Å²) in [7, 11) is 3.04. The number of benzene rings is 1. The first-order valence-corrected chi connectivity index (χ1v) is 10.1. The first-order chi connectivity index (χ1) is 15.0. The van der Waals surface area contributed by atoms with Gasteiger partial charge in [-0.1, -0.05) is 0 Å². The molecule has 9 nitrogen and oxygen atoms in total. The fourth-order valence-corrected chi connectivity index (χ4v) is 4.01. The van der Waals surface area contributed by atoms with E-state index in [0.29, 0.717) is 34.6 Å². The van der Waals surface area contributed by atoms with E-state index in [-0.39, 0.29) is 11.9 Å². The Morgan fingerprint density at radius 1 is 1.13 bits per heavy atom. The summed E-state index contributed by atoms with van der Waals surface area (Å²) in [6.07, 6.45) is 4.86. The third-order valence-corrected chi connectivity index (χ3v) is 5.28. The van der Waals surface area contributed by atoms with Crippen molar-refractivity contribution in [2.24, 2.45) is 0 Å². The zero-order valence-electron chi connectivity index (χ0n) is 18.0. The molecule has 3 heterocycles. The zero-order chi connectivity index (χ0) is 22.0. The summed E-state index contributed by atoms with van der Waals surface area (Å²) < 4.78 is 10.5. The predicted molar refractivity (Wildman–Crippen MR) is 119 cm³/mol. The van der Waals surface area contributed by atoms with Crippen molar-refractivity contribution in [2.45, 2.75) is 25.9 Å². The van der Waals surface area contributed by atoms with Gasteiger partial charge in [0.15, 0.2) is 5.75 Å². The van der Waals surface area contributed by atoms with Crippen LogP contribution in [-0.4, -0.2) is 60.3 Å². The van der Waals surface area contributed by atoms with E-state index in [9.17, 15) is 4.79 Å². The summed E-state index contributed by atoms with van der Waals surface area (Å²) in [4.78, 5) is 28.3. The number of fused-ring (bicyclic) bond motifs is 1. The molecule has 0 aliphatic carbocycles. The van der Waals surface area contributed by atoms with Gasteiger partial charge in [-0.25, -0.2) is 4.98 Å². The van der Waals surface area contributed by atoms with E-state index >= 15 is 0 Å². The molecule has 1 aliphatic rings. The number of methoxy groups -OCH3 is 2. The van der Waals surface area contributed by atoms with Crippen molar-refractivity contribution in [3.05, 3.63) is 42.4 Å². The van der Waals surface area contributed by atoms with Gasteiger partial charge in [-0.05, 0) is 32.0 Å². The SMILES string of the molecule is COc1ncc2c(N3C[C@@H](C)N[C@H](C)C3)ccc(C(=O)Nc3ccncc3OC)c2n1. The first kappa shape index (κ1) is 20.8. The Hall–Kier alpha value is -3.46. The summed E-state index contributed by atoms with van der Waals surface area (Å²) in [5.41, 5.74) is 2.49. The van der Waals surface area contributed by atoms with Crippen LogP contribution >= 0.6 is 0 Å². The van der Waals surface area contributed by atoms with Crippen molar-refractivity contribution < 1.29 is 14.3 Å². The Kier molecular flexibility index (Phi) is 5.85. The van der Waals surface area contributed by atoms with Gasteiger partial charge in [-0.2, -0.15) is 4.98 Å². The van der Waals surface area contributed by atoms with Crippen LogP contribution in [0.4, 0.5) is 11.4 Å². The topological polar surface area (TPSA) is 102 Å². The third kappa shape index (κ3) is 4.22. The standard InChI is InChI=1S/C22H26N6O3/c1-13-11-28(12-14(2)25-13)18-6-5-15(20-16(18)9-24-22(27-20)31-4)21(29)26-17-7-8-23-10-19(17)30-3/h5-10,13-14,25H,11-12H2,1-4H3,(H,23,26,29)/t13-,14-/m1/s1. The lowest BCUT2D eigenvalue weighted by molar-refractivity contribution is 0.102. The quantitative estimate of drug-likeness (QED) is 0.647. The monoisotopic (exact) mass is 422 g/mol. The van der Waals surface area contributed by atoms with E-state index in [0.717, 1.165) is 24.2 Å². The van der Waals surface area contributed by atoms with Gasteiger partial charge in [0.05, 0.1) is 37.2 Å². The molecule has 0 unspecified atom stereocenters. The Morgan fingerprint density at radius 2 is 1.90 bits per heavy atom. The Bertz CT molecular complexity index is 1100. The van der Waals surface area contributed by atoms with Crippen molar-refractivity contribution >= 4 is 28.2 Å². The van der Waals surface area contributed by atoms with Crippen molar-refractivity contribution in [1.82, 2.24) is 20.3 Å². The lowest BCUT2D eigenvalue weighted by Gasteiger charge is -2.38. The number of pyridine rings is 1. The maximum Gasteiger partial charge on any atom is 0.316 e. The average Bonchev–Trinajstić information content (AvgIpc) is 2.77. The number of carbonyl (C=O) groups is 1. The molecular formula is C22H26N6O3. The number of nitrogens with zero attached hydrogens (tertiary/aromatic N) is 4. The van der Waals surface area contributed by atoms with Gasteiger partial charge < -0.3 is 25.0 Å². The van der Waals surface area contributed by atoms with Gasteiger partial charge >= 0.3 is 6.01 Å². The molecule has 0 radical (unpaired) electrons. The van der Waals surface area contributed by atoms with Crippen LogP contribution < -0.4 is 25.0 Å². The van der Waals surface area contributed by atoms with Gasteiger partial charge in [-0.15, -0.1) is 0 Å². The highest BCUT2D eigenvalue weighted by molar-refractivity contribution is 6.14. The van der Waals surface area contributed by atoms with E-state index in [1.54, 1.807) is 30.7 Å². The summed E-state index contributed by atoms with van der Waals surface area (Å²) in [5, 5.41) is 7.23. The zero-order valence-corrected chi connectivity index (χ0v) is 18.0. The van der Waals surface area contributed by atoms with Gasteiger partial charge in [0, 0.05) is 48.6 Å². The Balaban J connectivity index is 1.76. The molecule has 0 spiro atoms. The lowest BCUT2D eigenvalue weighted by Crippen LogP contribution is -2.54. The summed E-state index contributed by atoms with van der Waals surface area (Å²) in [6, 6.07) is 6.35. The van der Waals surface area contributed by atoms with Gasteiger partial charge in [-0.3, -0.25) is 9.78 Å². The second kappa shape index (κ2) is 8.73. The number of piperazine rings is 1. The molecule has 1 aliphatic heterocycles. The highest BCUT2D eigenvalue weighted by Gasteiger charge is 2.25. The highest BCUT2D eigenvalue weighted by Crippen LogP contribution is 2.31. The van der Waals surface area contributed by atoms with Gasteiger partial charge in [0.2, 0.25) is 0 Å². The van der Waals surface area contributed by atoms with E-state index in [1.807, 2.05) is 6.07 Å². The van der Waals surface area contributed by atoms with Crippen LogP contribution in [0.1, 0.15) is 24.2 Å². The van der Waals surface area contributed by atoms with Crippen LogP contribution in [0.5, 0.6) is 11.8 Å². The molecule has 2 N–H and O–H groups in total. The normalized spacial score (nSPS) is 18.6. The third-order valence-electron chi connectivity index (χ3n) is 5.28. The second-order valence-electron chi connectivity index (χ2n) is 7.66. The summed E-state index contributed by atoms with van der Waals surface area (Å²) in [5.74, 6) is 0.177. The van der Waals surface area contributed by atoms with Gasteiger partial charge in [0.25, 0.3) is 5.91 Å². The average molecular weight is 422 g/mol. The maximum absolute atomic E-state index is 13.2. The number of ether oxygens (including phenoxy) is 2. The number of rotatable bonds is 5. The maximum atomic E-state index is 13.2. The van der Waals surface area contributed by atoms with Crippen molar-refractivity contribution in [3.63, 3.8) is 0 Å². The van der Waals surface area contributed by atoms with Crippen LogP contribution in [0.15, 0.2) is 36.8 Å². The van der Waals surface area contributed by atoms with Crippen LogP contribution in [0.3, 0.4) is 0 Å². The van der Waals surface area contributed by atoms with Crippen molar-refractivity contribution in [3.8, 4) is 11.8 Å². The van der Waals surface area contributed by atoms with E-state index < -0.39 is 0 Å². The van der Waals surface area contributed by atoms with E-state index in [1.165, 1.54) is 14.2 Å². The fraction of sp³-hybridized carbons (Fsp3) is 0.364. The number of carbonyl (C=O) groups excluding carboxylic acids is 1. The molecule has 1 saturated heterocycles. The van der Waals surface area contributed by atoms with Crippen molar-refractivity contribution in [1.29, 1.82) is 0 Å². The molecule has 2 aromatic heterocycles. The van der Waals surface area contributed by atoms with E-state index in [4.69, 9.17) is 9.47 Å². The minimum atomic E-state index is -0.302. The molecule has 162 valence electrons. The molecular weight excluding hydrogens is 396 g/mol. The molecule has 4 rings (SSSR count). The lowest BCUT2D eigenvalue weighted by atomic mass is 10.0. The molecule has 9 heteroatoms. The number of amides is 1. The molecule has 1 fully saturated rings. The number of hydrogen-bond donors (Lipinski definition) is 2. The van der Waals surface area contributed by atoms with Crippen LogP contribution in [0.25, 0.3) is 10.9 Å². The Morgan fingerprint density at radius 3 is 2.61 bits per heavy atom. The summed E-state index contributed by atoms with van der Waals surface area (Å²) in [6.45, 7) is 6.03. The number of anilines is 2. The van der Waals surface area contributed by atoms with E-state index in [2.05, 4.69) is 44.3 Å². The predicted octanol–water partition coefficient (Wildman–Crippen LogP) is 2.48. The van der Waals surface area contributed by atoms with Gasteiger partial charge in [0.1, 0.15) is 0 Å². The second-order valence-corrected chi connectivity index (χ2v) is 7.66. The van der Waals surface area contributed by atoms with Crippen LogP contribution in [0, 0.1) is 0 Å². The molecule has 0 bridgehead atoms. The van der Waals surface area contributed by atoms with Crippen molar-refractivity contribution in [2.75, 3.05) is 37.5 Å². The van der Waals surface area contributed by atoms with Crippen LogP contribution in [0.2, 0.25) is 0 Å². The fourth-order valence-electron chi connectivity index (χ4n) is 4.01. The highest BCUT2D eigenvalue weighted by atomic mass is 16.5. The molecule has 3 aromatic rings.